The van der Waals surface area contributed by atoms with E-state index in [9.17, 15) is 0 Å². The zero-order chi connectivity index (χ0) is 10.7. The highest BCUT2D eigenvalue weighted by atomic mass is 35.5. The Kier molecular flexibility index (Phi) is 3.60. The van der Waals surface area contributed by atoms with Crippen molar-refractivity contribution in [3.05, 3.63) is 29.0 Å². The Labute approximate surface area is 96.1 Å². The second-order valence-corrected chi connectivity index (χ2v) is 4.70. The van der Waals surface area contributed by atoms with Gasteiger partial charge in [0.05, 0.1) is 10.7 Å². The molecule has 1 fully saturated rings. The van der Waals surface area contributed by atoms with Crippen molar-refractivity contribution in [1.82, 2.24) is 10.3 Å². The molecule has 82 valence electrons. The molecule has 15 heavy (non-hydrogen) atoms. The fraction of sp³-hybridized carbons (Fsp3) is 0.583. The zero-order valence-electron chi connectivity index (χ0n) is 9.04. The number of halogens is 1. The maximum atomic E-state index is 5.81. The third kappa shape index (κ3) is 3.18. The fourth-order valence-electron chi connectivity index (χ4n) is 1.84. The van der Waals surface area contributed by atoms with Crippen LogP contribution in [0.3, 0.4) is 0 Å². The van der Waals surface area contributed by atoms with Crippen LogP contribution in [0.25, 0.3) is 0 Å². The standard InChI is InChI=1S/C12H17ClN2/c1-14-11(6-4-9-2-3-9)12-7-5-10(13)8-15-12/h5,7-9,11,14H,2-4,6H2,1H3. The van der Waals surface area contributed by atoms with Gasteiger partial charge in [-0.25, -0.2) is 0 Å². The zero-order valence-corrected chi connectivity index (χ0v) is 9.80. The Balaban J connectivity index is 1.94. The molecule has 0 radical (unpaired) electrons. The molecular weight excluding hydrogens is 208 g/mol. The second-order valence-electron chi connectivity index (χ2n) is 4.26. The van der Waals surface area contributed by atoms with Crippen LogP contribution in [-0.2, 0) is 0 Å². The van der Waals surface area contributed by atoms with Crippen molar-refractivity contribution in [3.63, 3.8) is 0 Å². The highest BCUT2D eigenvalue weighted by molar-refractivity contribution is 6.30. The predicted octanol–water partition coefficient (Wildman–Crippen LogP) is 3.19. The summed E-state index contributed by atoms with van der Waals surface area (Å²) in [6.45, 7) is 0. The van der Waals surface area contributed by atoms with Crippen molar-refractivity contribution in [1.29, 1.82) is 0 Å². The number of nitrogens with one attached hydrogen (secondary N) is 1. The number of hydrogen-bond acceptors (Lipinski definition) is 2. The summed E-state index contributed by atoms with van der Waals surface area (Å²) < 4.78 is 0. The first-order chi connectivity index (χ1) is 7.29. The van der Waals surface area contributed by atoms with Gasteiger partial charge in [-0.1, -0.05) is 24.4 Å². The first kappa shape index (κ1) is 10.9. The molecule has 0 saturated heterocycles. The van der Waals surface area contributed by atoms with E-state index in [-0.39, 0.29) is 0 Å². The summed E-state index contributed by atoms with van der Waals surface area (Å²) in [6.07, 6.45) is 7.05. The molecule has 0 spiro atoms. The van der Waals surface area contributed by atoms with E-state index in [0.717, 1.165) is 11.6 Å². The van der Waals surface area contributed by atoms with Gasteiger partial charge in [-0.05, 0) is 37.9 Å². The van der Waals surface area contributed by atoms with Crippen molar-refractivity contribution in [2.75, 3.05) is 7.05 Å². The summed E-state index contributed by atoms with van der Waals surface area (Å²) in [5.41, 5.74) is 1.10. The van der Waals surface area contributed by atoms with E-state index in [1.54, 1.807) is 6.20 Å². The first-order valence-electron chi connectivity index (χ1n) is 5.58. The molecule has 1 aliphatic rings. The Morgan fingerprint density at radius 2 is 2.33 bits per heavy atom. The van der Waals surface area contributed by atoms with Crippen molar-refractivity contribution < 1.29 is 0 Å². The molecule has 1 aromatic heterocycles. The van der Waals surface area contributed by atoms with Crippen molar-refractivity contribution in [2.45, 2.75) is 31.7 Å². The number of nitrogens with zero attached hydrogens (tertiary/aromatic N) is 1. The van der Waals surface area contributed by atoms with Crippen LogP contribution in [0.5, 0.6) is 0 Å². The highest BCUT2D eigenvalue weighted by Crippen LogP contribution is 2.35. The molecule has 0 amide bonds. The summed E-state index contributed by atoms with van der Waals surface area (Å²) in [4.78, 5) is 4.35. The second kappa shape index (κ2) is 4.95. The molecule has 1 unspecified atom stereocenters. The molecule has 2 rings (SSSR count). The Bertz CT molecular complexity index is 306. The lowest BCUT2D eigenvalue weighted by Crippen LogP contribution is -2.17. The van der Waals surface area contributed by atoms with Crippen LogP contribution in [0.1, 0.15) is 37.4 Å². The molecule has 1 heterocycles. The third-order valence-corrected chi connectivity index (χ3v) is 3.24. The minimum atomic E-state index is 0.378. The van der Waals surface area contributed by atoms with Gasteiger partial charge in [-0.15, -0.1) is 0 Å². The molecule has 1 aliphatic carbocycles. The first-order valence-corrected chi connectivity index (χ1v) is 5.96. The Morgan fingerprint density at radius 3 is 2.87 bits per heavy atom. The number of hydrogen-bond donors (Lipinski definition) is 1. The van der Waals surface area contributed by atoms with Crippen LogP contribution >= 0.6 is 11.6 Å². The molecule has 0 bridgehead atoms. The van der Waals surface area contributed by atoms with E-state index in [1.807, 2.05) is 19.2 Å². The summed E-state index contributed by atoms with van der Waals surface area (Å²) in [5.74, 6) is 0.980. The number of rotatable bonds is 5. The van der Waals surface area contributed by atoms with Crippen LogP contribution in [0.15, 0.2) is 18.3 Å². The van der Waals surface area contributed by atoms with Gasteiger partial charge in [0.15, 0.2) is 0 Å². The van der Waals surface area contributed by atoms with Crippen molar-refractivity contribution in [2.24, 2.45) is 5.92 Å². The van der Waals surface area contributed by atoms with Crippen molar-refractivity contribution in [3.8, 4) is 0 Å². The van der Waals surface area contributed by atoms with Gasteiger partial charge in [0.25, 0.3) is 0 Å². The monoisotopic (exact) mass is 224 g/mol. The molecule has 1 atom stereocenters. The molecular formula is C12H17ClN2. The lowest BCUT2D eigenvalue weighted by atomic mass is 10.1. The van der Waals surface area contributed by atoms with Gasteiger partial charge >= 0.3 is 0 Å². The molecule has 0 aliphatic heterocycles. The van der Waals surface area contributed by atoms with Crippen LogP contribution in [0.4, 0.5) is 0 Å². The van der Waals surface area contributed by atoms with Gasteiger partial charge in [0.1, 0.15) is 0 Å². The maximum absolute atomic E-state index is 5.81. The van der Waals surface area contributed by atoms with E-state index in [0.29, 0.717) is 11.1 Å². The van der Waals surface area contributed by atoms with Gasteiger partial charge < -0.3 is 5.32 Å². The fourth-order valence-corrected chi connectivity index (χ4v) is 1.95. The smallest absolute Gasteiger partial charge is 0.0589 e. The summed E-state index contributed by atoms with van der Waals surface area (Å²) in [7, 11) is 1.99. The predicted molar refractivity (Wildman–Crippen MR) is 63.0 cm³/mol. The Hall–Kier alpha value is -0.600. The molecule has 3 heteroatoms. The molecule has 1 saturated carbocycles. The minimum Gasteiger partial charge on any atom is -0.312 e. The van der Waals surface area contributed by atoms with Crippen LogP contribution in [-0.4, -0.2) is 12.0 Å². The SMILES string of the molecule is CNC(CCC1CC1)c1ccc(Cl)cn1. The number of pyridine rings is 1. The quantitative estimate of drug-likeness (QED) is 0.831. The Morgan fingerprint density at radius 1 is 1.53 bits per heavy atom. The molecule has 0 aromatic carbocycles. The maximum Gasteiger partial charge on any atom is 0.0589 e. The summed E-state index contributed by atoms with van der Waals surface area (Å²) >= 11 is 5.81. The molecule has 1 aromatic rings. The average Bonchev–Trinajstić information content (AvgIpc) is 3.05. The molecule has 1 N–H and O–H groups in total. The van der Waals surface area contributed by atoms with E-state index in [1.165, 1.54) is 25.7 Å². The van der Waals surface area contributed by atoms with Crippen LogP contribution < -0.4 is 5.32 Å². The lowest BCUT2D eigenvalue weighted by Gasteiger charge is -2.15. The van der Waals surface area contributed by atoms with Crippen LogP contribution in [0, 0.1) is 5.92 Å². The molecule has 2 nitrogen and oxygen atoms in total. The van der Waals surface area contributed by atoms with Gasteiger partial charge in [-0.2, -0.15) is 0 Å². The van der Waals surface area contributed by atoms with E-state index in [4.69, 9.17) is 11.6 Å². The normalized spacial score (nSPS) is 17.7. The van der Waals surface area contributed by atoms with Gasteiger partial charge in [-0.3, -0.25) is 4.98 Å². The van der Waals surface area contributed by atoms with E-state index in [2.05, 4.69) is 10.3 Å². The van der Waals surface area contributed by atoms with E-state index >= 15 is 0 Å². The minimum absolute atomic E-state index is 0.378. The lowest BCUT2D eigenvalue weighted by molar-refractivity contribution is 0.496. The number of aromatic nitrogens is 1. The van der Waals surface area contributed by atoms with Crippen LogP contribution in [0.2, 0.25) is 5.02 Å². The highest BCUT2D eigenvalue weighted by Gasteiger charge is 2.22. The average molecular weight is 225 g/mol. The van der Waals surface area contributed by atoms with Gasteiger partial charge in [0, 0.05) is 12.2 Å². The van der Waals surface area contributed by atoms with Crippen molar-refractivity contribution >= 4 is 11.6 Å². The third-order valence-electron chi connectivity index (χ3n) is 3.02. The summed E-state index contributed by atoms with van der Waals surface area (Å²) in [5, 5.41) is 4.02. The van der Waals surface area contributed by atoms with Gasteiger partial charge in [0.2, 0.25) is 0 Å². The largest absolute Gasteiger partial charge is 0.312 e. The summed E-state index contributed by atoms with van der Waals surface area (Å²) in [6, 6.07) is 4.30. The van der Waals surface area contributed by atoms with E-state index < -0.39 is 0 Å². The topological polar surface area (TPSA) is 24.9 Å².